The highest BCUT2D eigenvalue weighted by atomic mass is 32.2. The molecule has 2 aromatic heterocycles. The molecule has 0 amide bonds. The molecule has 2 atom stereocenters. The van der Waals surface area contributed by atoms with Crippen molar-refractivity contribution < 1.29 is 8.95 Å². The molecule has 0 aliphatic heterocycles. The van der Waals surface area contributed by atoms with Crippen LogP contribution in [0.4, 0.5) is 11.6 Å². The Hall–Kier alpha value is -2.52. The second-order valence-electron chi connectivity index (χ2n) is 10.0. The normalized spacial score (nSPS) is 13.7. The smallest absolute Gasteiger partial charge is 0.156 e. The minimum Gasteiger partial charge on any atom is -0.492 e. The number of ether oxygens (including phenoxy) is 1. The lowest BCUT2D eigenvalue weighted by Gasteiger charge is -2.21. The van der Waals surface area contributed by atoms with Crippen LogP contribution >= 0.6 is 0 Å². The van der Waals surface area contributed by atoms with Gasteiger partial charge in [-0.1, -0.05) is 13.3 Å². The second-order valence-corrected chi connectivity index (χ2v) is 12.2. The fourth-order valence-corrected chi connectivity index (χ4v) is 5.11. The molecule has 2 heterocycles. The third-order valence-electron chi connectivity index (χ3n) is 6.34. The minimum absolute atomic E-state index is 0.439. The first-order chi connectivity index (χ1) is 16.7. The quantitative estimate of drug-likeness (QED) is 0.285. The number of anilines is 2. The molecule has 0 aliphatic carbocycles. The Labute approximate surface area is 211 Å². The predicted molar refractivity (Wildman–Crippen MR) is 144 cm³/mol. The number of H-pyrrole nitrogens is 1. The Kier molecular flexibility index (Phi) is 9.24. The van der Waals surface area contributed by atoms with Gasteiger partial charge in [0.1, 0.15) is 17.9 Å². The summed E-state index contributed by atoms with van der Waals surface area (Å²) < 4.78 is 19.3. The SMILES string of the molecule is CCC(CCCOc1cc2ncnc(Nc3n[nH]c(C)c3C)c2cc1S(=O)C(C)(C)C)CCNC. The van der Waals surface area contributed by atoms with Crippen molar-refractivity contribution >= 4 is 33.3 Å². The van der Waals surface area contributed by atoms with Crippen molar-refractivity contribution in [3.05, 3.63) is 29.7 Å². The van der Waals surface area contributed by atoms with Crippen LogP contribution in [0.2, 0.25) is 0 Å². The first kappa shape index (κ1) is 27.1. The first-order valence-electron chi connectivity index (χ1n) is 12.4. The number of aromatic nitrogens is 4. The lowest BCUT2D eigenvalue weighted by molar-refractivity contribution is 0.281. The van der Waals surface area contributed by atoms with Crippen LogP contribution in [0.3, 0.4) is 0 Å². The van der Waals surface area contributed by atoms with Crippen LogP contribution in [-0.4, -0.2) is 49.3 Å². The second kappa shape index (κ2) is 11.9. The van der Waals surface area contributed by atoms with Crippen LogP contribution in [0, 0.1) is 19.8 Å². The summed E-state index contributed by atoms with van der Waals surface area (Å²) in [4.78, 5) is 9.59. The van der Waals surface area contributed by atoms with E-state index in [-0.39, 0.29) is 0 Å². The van der Waals surface area contributed by atoms with Gasteiger partial charge in [-0.05, 0) is 79.5 Å². The van der Waals surface area contributed by atoms with E-state index in [1.165, 1.54) is 19.2 Å². The van der Waals surface area contributed by atoms with Crippen LogP contribution in [0.15, 0.2) is 23.4 Å². The van der Waals surface area contributed by atoms with Gasteiger partial charge >= 0.3 is 0 Å². The van der Waals surface area contributed by atoms with Crippen LogP contribution < -0.4 is 15.4 Å². The molecule has 0 fully saturated rings. The zero-order chi connectivity index (χ0) is 25.6. The highest BCUT2D eigenvalue weighted by Gasteiger charge is 2.26. The molecule has 3 aromatic rings. The van der Waals surface area contributed by atoms with Gasteiger partial charge in [-0.15, -0.1) is 0 Å². The third-order valence-corrected chi connectivity index (χ3v) is 8.17. The van der Waals surface area contributed by atoms with Crippen LogP contribution in [-0.2, 0) is 10.8 Å². The minimum atomic E-state index is -1.28. The van der Waals surface area contributed by atoms with Gasteiger partial charge in [-0.3, -0.25) is 9.31 Å². The maximum absolute atomic E-state index is 13.5. The fourth-order valence-electron chi connectivity index (χ4n) is 3.93. The third kappa shape index (κ3) is 6.79. The van der Waals surface area contributed by atoms with Crippen molar-refractivity contribution in [3.8, 4) is 5.75 Å². The van der Waals surface area contributed by atoms with Crippen molar-refractivity contribution in [2.45, 2.75) is 76.9 Å². The topological polar surface area (TPSA) is 105 Å². The molecule has 0 radical (unpaired) electrons. The highest BCUT2D eigenvalue weighted by Crippen LogP contribution is 2.35. The van der Waals surface area contributed by atoms with E-state index in [0.717, 1.165) is 41.5 Å². The number of rotatable bonds is 12. The number of hydrogen-bond acceptors (Lipinski definition) is 7. The molecule has 35 heavy (non-hydrogen) atoms. The number of nitrogens with zero attached hydrogens (tertiary/aromatic N) is 3. The van der Waals surface area contributed by atoms with Crippen molar-refractivity contribution in [1.82, 2.24) is 25.5 Å². The largest absolute Gasteiger partial charge is 0.492 e. The number of aromatic amines is 1. The Morgan fingerprint density at radius 1 is 1.14 bits per heavy atom. The van der Waals surface area contributed by atoms with Gasteiger partial charge in [0.15, 0.2) is 5.82 Å². The summed E-state index contributed by atoms with van der Waals surface area (Å²) in [7, 11) is 0.712. The maximum Gasteiger partial charge on any atom is 0.156 e. The molecule has 0 aliphatic rings. The number of nitrogens with one attached hydrogen (secondary N) is 3. The molecular weight excluding hydrogens is 460 g/mol. The molecule has 3 N–H and O–H groups in total. The van der Waals surface area contributed by atoms with Gasteiger partial charge < -0.3 is 15.4 Å². The van der Waals surface area contributed by atoms with Gasteiger partial charge in [0, 0.05) is 27.5 Å². The van der Waals surface area contributed by atoms with Crippen LogP contribution in [0.25, 0.3) is 10.9 Å². The zero-order valence-electron chi connectivity index (χ0n) is 22.1. The van der Waals surface area contributed by atoms with E-state index in [0.29, 0.717) is 34.8 Å². The van der Waals surface area contributed by atoms with Gasteiger partial charge in [-0.2, -0.15) is 5.10 Å². The average Bonchev–Trinajstić information content (AvgIpc) is 3.14. The molecule has 8 nitrogen and oxygen atoms in total. The van der Waals surface area contributed by atoms with Crippen molar-refractivity contribution in [3.63, 3.8) is 0 Å². The Morgan fingerprint density at radius 2 is 1.91 bits per heavy atom. The zero-order valence-corrected chi connectivity index (χ0v) is 22.9. The lowest BCUT2D eigenvalue weighted by atomic mass is 9.97. The van der Waals surface area contributed by atoms with Crippen LogP contribution in [0.1, 0.15) is 64.6 Å². The highest BCUT2D eigenvalue weighted by molar-refractivity contribution is 7.86. The number of fused-ring (bicyclic) bond motifs is 1. The Balaban J connectivity index is 1.89. The Morgan fingerprint density at radius 3 is 2.54 bits per heavy atom. The van der Waals surface area contributed by atoms with E-state index < -0.39 is 15.5 Å². The molecule has 192 valence electrons. The summed E-state index contributed by atoms with van der Waals surface area (Å²) in [5, 5.41) is 14.7. The monoisotopic (exact) mass is 500 g/mol. The standard InChI is InChI=1S/C26H40N6O2S/c1-8-19(11-12-27-7)10-9-13-34-22-15-21-20(14-23(22)35(33)26(4,5)6)25(29-16-28-21)30-24-17(2)18(3)31-32-24/h14-16,19,27H,8-13H2,1-7H3,(H2,28,29,30,31,32). The van der Waals surface area contributed by atoms with Gasteiger partial charge in [0.25, 0.3) is 0 Å². The van der Waals surface area contributed by atoms with E-state index in [9.17, 15) is 4.21 Å². The van der Waals surface area contributed by atoms with Crippen LogP contribution in [0.5, 0.6) is 5.75 Å². The van der Waals surface area contributed by atoms with Gasteiger partial charge in [-0.25, -0.2) is 9.97 Å². The number of benzene rings is 1. The summed E-state index contributed by atoms with van der Waals surface area (Å²) >= 11 is 0. The molecule has 9 heteroatoms. The van der Waals surface area contributed by atoms with E-state index in [1.807, 2.05) is 53.8 Å². The molecule has 0 bridgehead atoms. The van der Waals surface area contributed by atoms with E-state index in [1.54, 1.807) is 0 Å². The molecule has 3 rings (SSSR count). The number of aryl methyl sites for hydroxylation is 1. The summed E-state index contributed by atoms with van der Waals surface area (Å²) in [6, 6.07) is 3.80. The molecule has 0 spiro atoms. The van der Waals surface area contributed by atoms with Gasteiger partial charge in [0.05, 0.1) is 27.8 Å². The molecule has 2 unspecified atom stereocenters. The molecular formula is C26H40N6O2S. The summed E-state index contributed by atoms with van der Waals surface area (Å²) in [6.07, 6.45) is 5.93. The number of hydrogen-bond donors (Lipinski definition) is 3. The summed E-state index contributed by atoms with van der Waals surface area (Å²) in [5.41, 5.74) is 2.75. The van der Waals surface area contributed by atoms with Crippen molar-refractivity contribution in [2.75, 3.05) is 25.5 Å². The summed E-state index contributed by atoms with van der Waals surface area (Å²) in [5.74, 6) is 2.65. The predicted octanol–water partition coefficient (Wildman–Crippen LogP) is 5.41. The van der Waals surface area contributed by atoms with Crippen molar-refractivity contribution in [2.24, 2.45) is 5.92 Å². The molecule has 0 saturated heterocycles. The van der Waals surface area contributed by atoms with E-state index in [4.69, 9.17) is 4.74 Å². The van der Waals surface area contributed by atoms with E-state index in [2.05, 4.69) is 37.7 Å². The van der Waals surface area contributed by atoms with E-state index >= 15 is 0 Å². The van der Waals surface area contributed by atoms with Crippen molar-refractivity contribution in [1.29, 1.82) is 0 Å². The average molecular weight is 501 g/mol. The van der Waals surface area contributed by atoms with Gasteiger partial charge in [0.2, 0.25) is 0 Å². The Bertz CT molecular complexity index is 1150. The molecule has 0 saturated carbocycles. The fraction of sp³-hybridized carbons (Fsp3) is 0.577. The molecule has 1 aromatic carbocycles. The summed E-state index contributed by atoms with van der Waals surface area (Å²) in [6.45, 7) is 13.8. The lowest BCUT2D eigenvalue weighted by Crippen LogP contribution is -2.22. The maximum atomic E-state index is 13.5. The first-order valence-corrected chi connectivity index (χ1v) is 13.6.